The van der Waals surface area contributed by atoms with Crippen molar-refractivity contribution in [3.63, 3.8) is 0 Å². The molecule has 28 heavy (non-hydrogen) atoms. The molecule has 0 heterocycles. The number of benzene rings is 1. The maximum Gasteiger partial charge on any atom is 0.407 e. The van der Waals surface area contributed by atoms with E-state index in [0.29, 0.717) is 5.56 Å². The van der Waals surface area contributed by atoms with Crippen LogP contribution < -0.4 is 5.32 Å². The molecule has 0 bridgehead atoms. The summed E-state index contributed by atoms with van der Waals surface area (Å²) in [5, 5.41) is 11.4. The van der Waals surface area contributed by atoms with Gasteiger partial charge in [-0.2, -0.15) is 0 Å². The molecule has 0 atom stereocenters. The third kappa shape index (κ3) is 6.51. The third-order valence-electron chi connectivity index (χ3n) is 3.87. The summed E-state index contributed by atoms with van der Waals surface area (Å²) in [4.78, 5) is 35.3. The molecular weight excluding hydrogens is 369 g/mol. The van der Waals surface area contributed by atoms with Crippen LogP contribution in [0.3, 0.4) is 0 Å². The average Bonchev–Trinajstić information content (AvgIpc) is 2.50. The standard InChI is InChI=1S/C20H28FNO6/c1-18(2,3)28-17(26)22-11-19(4,5)16(25)27-20(6,7)12-8-9-13(15(23)24)14(21)10-12/h8-10H,11H2,1-7H3,(H,22,26)(H,23,24). The van der Waals surface area contributed by atoms with E-state index in [1.807, 2.05) is 0 Å². The van der Waals surface area contributed by atoms with E-state index in [0.717, 1.165) is 12.1 Å². The Morgan fingerprint density at radius 1 is 1.04 bits per heavy atom. The van der Waals surface area contributed by atoms with Crippen molar-refractivity contribution >= 4 is 18.0 Å². The summed E-state index contributed by atoms with van der Waals surface area (Å²) in [6, 6.07) is 3.55. The molecule has 0 radical (unpaired) electrons. The Hall–Kier alpha value is -2.64. The van der Waals surface area contributed by atoms with Crippen LogP contribution in [0.4, 0.5) is 9.18 Å². The number of carbonyl (C=O) groups is 3. The number of aromatic carboxylic acids is 1. The van der Waals surface area contributed by atoms with Gasteiger partial charge >= 0.3 is 18.0 Å². The summed E-state index contributed by atoms with van der Waals surface area (Å²) >= 11 is 0. The van der Waals surface area contributed by atoms with Gasteiger partial charge in [-0.15, -0.1) is 0 Å². The highest BCUT2D eigenvalue weighted by molar-refractivity contribution is 5.88. The van der Waals surface area contributed by atoms with Crippen molar-refractivity contribution in [3.05, 3.63) is 35.1 Å². The predicted octanol–water partition coefficient (Wildman–Crippen LogP) is 3.85. The van der Waals surface area contributed by atoms with Crippen molar-refractivity contribution in [1.82, 2.24) is 5.32 Å². The van der Waals surface area contributed by atoms with Gasteiger partial charge in [0.25, 0.3) is 0 Å². The summed E-state index contributed by atoms with van der Waals surface area (Å²) in [5.74, 6) is -2.91. The molecule has 0 aliphatic heterocycles. The first-order chi connectivity index (χ1) is 12.5. The maximum atomic E-state index is 14.0. The fraction of sp³-hybridized carbons (Fsp3) is 0.550. The molecule has 1 rings (SSSR count). The van der Waals surface area contributed by atoms with Gasteiger partial charge in [-0.25, -0.2) is 14.0 Å². The number of alkyl carbamates (subject to hydrolysis) is 1. The lowest BCUT2D eigenvalue weighted by Crippen LogP contribution is -2.43. The zero-order valence-corrected chi connectivity index (χ0v) is 17.3. The van der Waals surface area contributed by atoms with E-state index in [1.165, 1.54) is 6.07 Å². The van der Waals surface area contributed by atoms with Crippen LogP contribution in [0, 0.1) is 11.2 Å². The lowest BCUT2D eigenvalue weighted by Gasteiger charge is -2.31. The quantitative estimate of drug-likeness (QED) is 0.707. The zero-order chi connectivity index (χ0) is 21.9. The van der Waals surface area contributed by atoms with Gasteiger partial charge in [-0.1, -0.05) is 6.07 Å². The Kier molecular flexibility index (Phi) is 6.82. The highest BCUT2D eigenvalue weighted by Crippen LogP contribution is 2.30. The van der Waals surface area contributed by atoms with Crippen LogP contribution in [0.2, 0.25) is 0 Å². The van der Waals surface area contributed by atoms with Crippen molar-refractivity contribution in [2.24, 2.45) is 5.41 Å². The maximum absolute atomic E-state index is 14.0. The Morgan fingerprint density at radius 2 is 1.61 bits per heavy atom. The molecule has 8 heteroatoms. The van der Waals surface area contributed by atoms with Crippen LogP contribution >= 0.6 is 0 Å². The van der Waals surface area contributed by atoms with Crippen LogP contribution in [0.5, 0.6) is 0 Å². The zero-order valence-electron chi connectivity index (χ0n) is 17.3. The van der Waals surface area contributed by atoms with E-state index >= 15 is 0 Å². The van der Waals surface area contributed by atoms with Gasteiger partial charge in [0, 0.05) is 6.54 Å². The van der Waals surface area contributed by atoms with Crippen LogP contribution in [0.1, 0.15) is 64.4 Å². The topological polar surface area (TPSA) is 102 Å². The van der Waals surface area contributed by atoms with E-state index in [2.05, 4.69) is 5.32 Å². The first-order valence-electron chi connectivity index (χ1n) is 8.79. The molecule has 0 saturated carbocycles. The van der Waals surface area contributed by atoms with Gasteiger partial charge in [-0.05, 0) is 66.2 Å². The van der Waals surface area contributed by atoms with Crippen LogP contribution in [-0.4, -0.2) is 35.3 Å². The van der Waals surface area contributed by atoms with Crippen LogP contribution in [-0.2, 0) is 19.9 Å². The molecule has 1 amide bonds. The number of rotatable bonds is 6. The number of hydrogen-bond acceptors (Lipinski definition) is 5. The Balaban J connectivity index is 2.84. The first-order valence-corrected chi connectivity index (χ1v) is 8.79. The molecule has 2 N–H and O–H groups in total. The number of amides is 1. The number of ether oxygens (including phenoxy) is 2. The number of carboxylic acids is 1. The SMILES string of the molecule is CC(C)(C)OC(=O)NCC(C)(C)C(=O)OC(C)(C)c1ccc(C(=O)O)c(F)c1. The van der Waals surface area contributed by atoms with E-state index in [9.17, 15) is 18.8 Å². The predicted molar refractivity (Wildman–Crippen MR) is 100 cm³/mol. The van der Waals surface area contributed by atoms with E-state index in [4.69, 9.17) is 14.6 Å². The van der Waals surface area contributed by atoms with E-state index < -0.39 is 46.0 Å². The minimum absolute atomic E-state index is 0.0247. The monoisotopic (exact) mass is 397 g/mol. The van der Waals surface area contributed by atoms with Crippen molar-refractivity contribution < 1.29 is 33.4 Å². The molecule has 0 aliphatic rings. The second-order valence-corrected chi connectivity index (χ2v) is 8.64. The van der Waals surface area contributed by atoms with Gasteiger partial charge in [0.15, 0.2) is 0 Å². The molecule has 1 aromatic rings. The Morgan fingerprint density at radius 3 is 2.07 bits per heavy atom. The summed E-state index contributed by atoms with van der Waals surface area (Å²) in [6.45, 7) is 11.5. The molecule has 0 aliphatic carbocycles. The van der Waals surface area contributed by atoms with Gasteiger partial charge in [-0.3, -0.25) is 4.79 Å². The van der Waals surface area contributed by atoms with Crippen molar-refractivity contribution in [3.8, 4) is 0 Å². The number of esters is 1. The lowest BCUT2D eigenvalue weighted by molar-refractivity contribution is -0.168. The molecule has 0 saturated heterocycles. The highest BCUT2D eigenvalue weighted by Gasteiger charge is 2.36. The van der Waals surface area contributed by atoms with Crippen molar-refractivity contribution in [2.45, 2.75) is 59.7 Å². The summed E-state index contributed by atoms with van der Waals surface area (Å²) in [5.41, 5.74) is -3.11. The fourth-order valence-corrected chi connectivity index (χ4v) is 2.17. The van der Waals surface area contributed by atoms with E-state index in [-0.39, 0.29) is 6.54 Å². The molecule has 0 fully saturated rings. The number of nitrogens with one attached hydrogen (secondary N) is 1. The summed E-state index contributed by atoms with van der Waals surface area (Å²) < 4.78 is 24.6. The molecule has 0 spiro atoms. The smallest absolute Gasteiger partial charge is 0.407 e. The Labute approximate surface area is 164 Å². The van der Waals surface area contributed by atoms with E-state index in [1.54, 1.807) is 48.5 Å². The number of hydrogen-bond donors (Lipinski definition) is 2. The van der Waals surface area contributed by atoms with Crippen molar-refractivity contribution in [2.75, 3.05) is 6.54 Å². The second kappa shape index (κ2) is 8.16. The fourth-order valence-electron chi connectivity index (χ4n) is 2.17. The average molecular weight is 397 g/mol. The van der Waals surface area contributed by atoms with Gasteiger partial charge < -0.3 is 19.9 Å². The second-order valence-electron chi connectivity index (χ2n) is 8.64. The lowest BCUT2D eigenvalue weighted by atomic mass is 9.92. The van der Waals surface area contributed by atoms with Gasteiger partial charge in [0.05, 0.1) is 11.0 Å². The molecule has 156 valence electrons. The van der Waals surface area contributed by atoms with Crippen LogP contribution in [0.25, 0.3) is 0 Å². The largest absolute Gasteiger partial charge is 0.478 e. The number of halogens is 1. The molecule has 1 aromatic carbocycles. The number of carboxylic acid groups (broad SMARTS) is 1. The third-order valence-corrected chi connectivity index (χ3v) is 3.87. The normalized spacial score (nSPS) is 12.3. The number of carbonyl (C=O) groups excluding carboxylic acids is 2. The molecule has 0 aromatic heterocycles. The van der Waals surface area contributed by atoms with Gasteiger partial charge in [0.1, 0.15) is 17.0 Å². The molecule has 0 unspecified atom stereocenters. The molecule has 7 nitrogen and oxygen atoms in total. The summed E-state index contributed by atoms with van der Waals surface area (Å²) in [6.07, 6.45) is -0.654. The van der Waals surface area contributed by atoms with Gasteiger partial charge in [0.2, 0.25) is 0 Å². The highest BCUT2D eigenvalue weighted by atomic mass is 19.1. The van der Waals surface area contributed by atoms with Crippen molar-refractivity contribution in [1.29, 1.82) is 0 Å². The Bertz CT molecular complexity index is 764. The minimum atomic E-state index is -1.38. The van der Waals surface area contributed by atoms with Crippen LogP contribution in [0.15, 0.2) is 18.2 Å². The summed E-state index contributed by atoms with van der Waals surface area (Å²) in [7, 11) is 0. The molecular formula is C20H28FNO6. The first kappa shape index (κ1) is 23.4. The minimum Gasteiger partial charge on any atom is -0.478 e.